The largest absolute Gasteiger partial charge is 0.497 e. The molecule has 0 heterocycles. The second-order valence-electron chi connectivity index (χ2n) is 4.12. The molecule has 2 rings (SSSR count). The summed E-state index contributed by atoms with van der Waals surface area (Å²) in [6, 6.07) is 5.75. The summed E-state index contributed by atoms with van der Waals surface area (Å²) in [4.78, 5) is 0. The third-order valence-electron chi connectivity index (χ3n) is 2.91. The highest BCUT2D eigenvalue weighted by Gasteiger charge is 2.23. The number of ether oxygens (including phenoxy) is 1. The Morgan fingerprint density at radius 3 is 2.00 bits per heavy atom. The first-order chi connectivity index (χ1) is 9.45. The van der Waals surface area contributed by atoms with Gasteiger partial charge < -0.3 is 10.5 Å². The van der Waals surface area contributed by atoms with Crippen molar-refractivity contribution >= 4 is 23.2 Å². The zero-order chi connectivity index (χ0) is 14.9. The van der Waals surface area contributed by atoms with Crippen LogP contribution in [0, 0.1) is 11.6 Å². The Bertz CT molecular complexity index is 606. The molecule has 2 aromatic rings. The van der Waals surface area contributed by atoms with Crippen LogP contribution in [0.25, 0.3) is 0 Å². The summed E-state index contributed by atoms with van der Waals surface area (Å²) in [7, 11) is 1.32. The van der Waals surface area contributed by atoms with Crippen LogP contribution in [0.3, 0.4) is 0 Å². The van der Waals surface area contributed by atoms with E-state index in [2.05, 4.69) is 0 Å². The van der Waals surface area contributed by atoms with Crippen LogP contribution in [0.2, 0.25) is 10.0 Å². The second-order valence-corrected chi connectivity index (χ2v) is 4.93. The van der Waals surface area contributed by atoms with Crippen molar-refractivity contribution in [3.05, 3.63) is 63.1 Å². The molecular weight excluding hydrogens is 307 g/mol. The van der Waals surface area contributed by atoms with Crippen LogP contribution in [0.4, 0.5) is 8.78 Å². The van der Waals surface area contributed by atoms with Gasteiger partial charge in [0.2, 0.25) is 0 Å². The molecule has 0 aliphatic rings. The number of hydrogen-bond acceptors (Lipinski definition) is 2. The Morgan fingerprint density at radius 1 is 1.05 bits per heavy atom. The summed E-state index contributed by atoms with van der Waals surface area (Å²) in [6.45, 7) is 0. The van der Waals surface area contributed by atoms with Crippen molar-refractivity contribution < 1.29 is 13.5 Å². The minimum absolute atomic E-state index is 0.0706. The van der Waals surface area contributed by atoms with Gasteiger partial charge in [-0.1, -0.05) is 29.3 Å². The highest BCUT2D eigenvalue weighted by Crippen LogP contribution is 2.35. The van der Waals surface area contributed by atoms with E-state index in [0.29, 0.717) is 0 Å². The van der Waals surface area contributed by atoms with Crippen LogP contribution < -0.4 is 10.5 Å². The Labute approximate surface area is 125 Å². The van der Waals surface area contributed by atoms with Gasteiger partial charge in [0, 0.05) is 33.3 Å². The van der Waals surface area contributed by atoms with Gasteiger partial charge in [0.15, 0.2) is 0 Å². The molecule has 0 aliphatic heterocycles. The van der Waals surface area contributed by atoms with Gasteiger partial charge in [-0.2, -0.15) is 0 Å². The summed E-state index contributed by atoms with van der Waals surface area (Å²) in [6.07, 6.45) is 0. The van der Waals surface area contributed by atoms with Gasteiger partial charge in [-0.15, -0.1) is 0 Å². The molecule has 0 fully saturated rings. The van der Waals surface area contributed by atoms with Gasteiger partial charge in [0.05, 0.1) is 13.2 Å². The average molecular weight is 318 g/mol. The first-order valence-corrected chi connectivity index (χ1v) is 6.43. The lowest BCUT2D eigenvalue weighted by Crippen LogP contribution is -2.17. The monoisotopic (exact) mass is 317 g/mol. The van der Waals surface area contributed by atoms with E-state index in [1.165, 1.54) is 7.11 Å². The van der Waals surface area contributed by atoms with E-state index in [0.717, 1.165) is 12.1 Å². The summed E-state index contributed by atoms with van der Waals surface area (Å²) >= 11 is 12.0. The van der Waals surface area contributed by atoms with Crippen molar-refractivity contribution in [2.24, 2.45) is 5.73 Å². The van der Waals surface area contributed by atoms with E-state index in [4.69, 9.17) is 33.7 Å². The highest BCUT2D eigenvalue weighted by atomic mass is 35.5. The first kappa shape index (κ1) is 15.0. The summed E-state index contributed by atoms with van der Waals surface area (Å²) < 4.78 is 32.8. The van der Waals surface area contributed by atoms with E-state index in [9.17, 15) is 8.78 Å². The Hall–Kier alpha value is -1.36. The van der Waals surface area contributed by atoms with Crippen LogP contribution in [-0.4, -0.2) is 7.11 Å². The predicted octanol–water partition coefficient (Wildman–Crippen LogP) is 4.33. The molecule has 0 saturated carbocycles. The van der Waals surface area contributed by atoms with Gasteiger partial charge in [-0.05, 0) is 12.1 Å². The van der Waals surface area contributed by atoms with Crippen LogP contribution >= 0.6 is 23.2 Å². The third kappa shape index (κ3) is 2.73. The number of rotatable bonds is 3. The maximum absolute atomic E-state index is 14.0. The summed E-state index contributed by atoms with van der Waals surface area (Å²) in [5.74, 6) is -1.56. The number of nitrogens with two attached hydrogens (primary N) is 1. The van der Waals surface area contributed by atoms with E-state index < -0.39 is 17.7 Å². The van der Waals surface area contributed by atoms with Crippen LogP contribution in [0.1, 0.15) is 17.2 Å². The summed E-state index contributed by atoms with van der Waals surface area (Å²) in [5.41, 5.74) is 5.89. The smallest absolute Gasteiger partial charge is 0.134 e. The molecular formula is C14H11Cl2F2NO. The van der Waals surface area contributed by atoms with Gasteiger partial charge in [0.1, 0.15) is 17.4 Å². The molecule has 1 unspecified atom stereocenters. The lowest BCUT2D eigenvalue weighted by Gasteiger charge is -2.17. The zero-order valence-corrected chi connectivity index (χ0v) is 12.0. The fourth-order valence-electron chi connectivity index (χ4n) is 1.93. The number of halogens is 4. The van der Waals surface area contributed by atoms with Crippen LogP contribution in [0.15, 0.2) is 30.3 Å². The molecule has 2 N–H and O–H groups in total. The first-order valence-electron chi connectivity index (χ1n) is 5.68. The number of benzene rings is 2. The maximum atomic E-state index is 14.0. The quantitative estimate of drug-likeness (QED) is 0.914. The topological polar surface area (TPSA) is 35.2 Å². The van der Waals surface area contributed by atoms with E-state index in [-0.39, 0.29) is 26.9 Å². The number of methoxy groups -OCH3 is 1. The Balaban J connectivity index is 2.57. The van der Waals surface area contributed by atoms with E-state index >= 15 is 0 Å². The molecule has 6 heteroatoms. The SMILES string of the molecule is COc1cc(F)c(C(N)c2c(Cl)cccc2Cl)c(F)c1. The minimum atomic E-state index is -1.11. The molecule has 0 bridgehead atoms. The Kier molecular flexibility index (Phi) is 4.48. The van der Waals surface area contributed by atoms with Gasteiger partial charge in [-0.25, -0.2) is 8.78 Å². The van der Waals surface area contributed by atoms with E-state index in [1.807, 2.05) is 0 Å². The lowest BCUT2D eigenvalue weighted by atomic mass is 9.98. The molecule has 2 nitrogen and oxygen atoms in total. The molecule has 2 aromatic carbocycles. The van der Waals surface area contributed by atoms with Gasteiger partial charge >= 0.3 is 0 Å². The van der Waals surface area contributed by atoms with Crippen molar-refractivity contribution in [1.82, 2.24) is 0 Å². The zero-order valence-electron chi connectivity index (χ0n) is 10.5. The van der Waals surface area contributed by atoms with Gasteiger partial charge in [0.25, 0.3) is 0 Å². The van der Waals surface area contributed by atoms with E-state index in [1.54, 1.807) is 18.2 Å². The molecule has 106 valence electrons. The molecule has 0 spiro atoms. The molecule has 0 aromatic heterocycles. The molecule has 0 radical (unpaired) electrons. The predicted molar refractivity (Wildman–Crippen MR) is 75.4 cm³/mol. The molecule has 20 heavy (non-hydrogen) atoms. The lowest BCUT2D eigenvalue weighted by molar-refractivity contribution is 0.404. The van der Waals surface area contributed by atoms with Crippen molar-refractivity contribution in [2.45, 2.75) is 6.04 Å². The van der Waals surface area contributed by atoms with Crippen LogP contribution in [-0.2, 0) is 0 Å². The van der Waals surface area contributed by atoms with Crippen LogP contribution in [0.5, 0.6) is 5.75 Å². The normalized spacial score (nSPS) is 12.3. The number of hydrogen-bond donors (Lipinski definition) is 1. The summed E-state index contributed by atoms with van der Waals surface area (Å²) in [5, 5.41) is 0.499. The highest BCUT2D eigenvalue weighted by molar-refractivity contribution is 6.36. The van der Waals surface area contributed by atoms with Crippen molar-refractivity contribution in [1.29, 1.82) is 0 Å². The van der Waals surface area contributed by atoms with Crippen molar-refractivity contribution in [3.8, 4) is 5.75 Å². The van der Waals surface area contributed by atoms with Gasteiger partial charge in [-0.3, -0.25) is 0 Å². The average Bonchev–Trinajstić information content (AvgIpc) is 2.37. The molecule has 0 amide bonds. The second kappa shape index (κ2) is 5.95. The molecule has 0 saturated heterocycles. The standard InChI is InChI=1S/C14H11Cl2F2NO/c1-20-7-5-10(17)13(11(18)6-7)14(19)12-8(15)3-2-4-9(12)16/h2-6,14H,19H2,1H3. The minimum Gasteiger partial charge on any atom is -0.497 e. The maximum Gasteiger partial charge on any atom is 0.134 e. The molecule has 1 atom stereocenters. The molecule has 0 aliphatic carbocycles. The fraction of sp³-hybridized carbons (Fsp3) is 0.143. The third-order valence-corrected chi connectivity index (χ3v) is 3.57. The Morgan fingerprint density at radius 2 is 1.55 bits per heavy atom. The fourth-order valence-corrected chi connectivity index (χ4v) is 2.56. The van der Waals surface area contributed by atoms with Crippen molar-refractivity contribution in [2.75, 3.05) is 7.11 Å². The van der Waals surface area contributed by atoms with Crippen molar-refractivity contribution in [3.63, 3.8) is 0 Å².